The number of amides is 2. The lowest BCUT2D eigenvalue weighted by Gasteiger charge is -2.19. The number of anilines is 8. The Morgan fingerprint density at radius 2 is 1.25 bits per heavy atom. The molecule has 6 aromatic heterocycles. The molecule has 0 saturated heterocycles. The van der Waals surface area contributed by atoms with Crippen LogP contribution in [0, 0.1) is 0 Å². The van der Waals surface area contributed by atoms with E-state index < -0.39 is 11.8 Å². The number of nitrogens with one attached hydrogen (secondary N) is 4. The summed E-state index contributed by atoms with van der Waals surface area (Å²) in [5.41, 5.74) is 18.2. The number of carbonyl (C=O) groups excluding carboxylic acids is 2. The van der Waals surface area contributed by atoms with Gasteiger partial charge in [0.05, 0.1) is 87.3 Å². The largest absolute Gasteiger partial charge is 0.494 e. The molecule has 10 rings (SSSR count). The number of para-hydroxylation sites is 5. The summed E-state index contributed by atoms with van der Waals surface area (Å²) in [7, 11) is 3.52. The Morgan fingerprint density at radius 3 is 1.85 bits per heavy atom. The molecule has 1 unspecified atom stereocenters. The Labute approximate surface area is 421 Å². The van der Waals surface area contributed by atoms with Gasteiger partial charge in [0, 0.05) is 44.3 Å². The maximum atomic E-state index is 12.8. The number of primary amides is 2. The van der Waals surface area contributed by atoms with E-state index in [0.717, 1.165) is 31.8 Å². The molecule has 0 radical (unpaired) electrons. The van der Waals surface area contributed by atoms with Crippen molar-refractivity contribution in [3.63, 3.8) is 0 Å². The third kappa shape index (κ3) is 9.86. The number of thiazole rings is 1. The van der Waals surface area contributed by atoms with E-state index in [2.05, 4.69) is 51.4 Å². The van der Waals surface area contributed by atoms with Crippen LogP contribution in [0.3, 0.4) is 0 Å². The molecule has 22 heteroatoms. The fraction of sp³-hybridized carbons (Fsp3) is 0.176. The molecule has 0 fully saturated rings. The summed E-state index contributed by atoms with van der Waals surface area (Å²) in [6.07, 6.45) is 10.3. The number of fused-ring (bicyclic) bond motifs is 2. The third-order valence-electron chi connectivity index (χ3n) is 11.9. The predicted octanol–water partition coefficient (Wildman–Crippen LogP) is 9.28. The van der Waals surface area contributed by atoms with Gasteiger partial charge in [-0.05, 0) is 69.3 Å². The summed E-state index contributed by atoms with van der Waals surface area (Å²) in [4.78, 5) is 53.3. The van der Waals surface area contributed by atoms with Gasteiger partial charge in [0.2, 0.25) is 11.9 Å². The Hall–Kier alpha value is -9.44. The van der Waals surface area contributed by atoms with Crippen molar-refractivity contribution in [3.05, 3.63) is 133 Å². The summed E-state index contributed by atoms with van der Waals surface area (Å²) in [6.45, 7) is 6.31. The minimum Gasteiger partial charge on any atom is -0.494 e. The zero-order valence-electron chi connectivity index (χ0n) is 40.2. The van der Waals surface area contributed by atoms with Gasteiger partial charge in [-0.1, -0.05) is 36.4 Å². The predicted molar refractivity (Wildman–Crippen MR) is 282 cm³/mol. The molecule has 0 aliphatic heterocycles. The van der Waals surface area contributed by atoms with Gasteiger partial charge < -0.3 is 46.8 Å². The molecule has 2 amide bonds. The zero-order valence-corrected chi connectivity index (χ0v) is 41.0. The van der Waals surface area contributed by atoms with Gasteiger partial charge in [0.15, 0.2) is 11.5 Å². The van der Waals surface area contributed by atoms with Crippen molar-refractivity contribution >= 4 is 90.7 Å². The van der Waals surface area contributed by atoms with Crippen LogP contribution in [0.15, 0.2) is 122 Å². The molecule has 10 aromatic rings. The molecule has 0 aliphatic carbocycles. The number of rotatable bonds is 19. The van der Waals surface area contributed by atoms with Gasteiger partial charge in [-0.3, -0.25) is 19.0 Å². The minimum absolute atomic E-state index is 0.0764. The number of ether oxygens (including phenoxy) is 2. The van der Waals surface area contributed by atoms with Crippen LogP contribution >= 0.6 is 11.3 Å². The van der Waals surface area contributed by atoms with Crippen molar-refractivity contribution in [2.45, 2.75) is 39.3 Å². The van der Waals surface area contributed by atoms with E-state index in [-0.39, 0.29) is 53.3 Å². The van der Waals surface area contributed by atoms with Gasteiger partial charge in [-0.15, -0.1) is 11.3 Å². The van der Waals surface area contributed by atoms with Crippen LogP contribution in [0.5, 0.6) is 11.5 Å². The van der Waals surface area contributed by atoms with Gasteiger partial charge in [0.1, 0.15) is 33.6 Å². The monoisotopic (exact) mass is 995 g/mol. The number of hydrogen-bond donors (Lipinski definition) is 6. The fourth-order valence-electron chi connectivity index (χ4n) is 8.11. The molecule has 6 heterocycles. The molecule has 0 spiro atoms. The highest BCUT2D eigenvalue weighted by Crippen LogP contribution is 2.42. The van der Waals surface area contributed by atoms with Crippen LogP contribution in [0.2, 0.25) is 0 Å². The Kier molecular flexibility index (Phi) is 13.0. The standard InChI is InChI=1S/C51H49N17O4S/c1-28(2)67-26-30(22-56-67)58-50-54-25-35(45(53)70)47(65-50)61-39-17-10-12-32(48-62-36-14-6-8-18-40(36)66(48)4)43(39)72-21-20-29(3)68-27-31(23-57-68)59-51-55-24-34(44(52)69)46(64-51)60-38-16-11-13-33(42(38)71-5)49-63-37-15-7-9-19-41(37)73-49/h6-19,22-29H,20-21H2,1-5H3,(H2,52,69)(H2,53,70)(H2,54,58,61,65)(H2,55,59,60,64). The first kappa shape index (κ1) is 47.2. The molecule has 8 N–H and O–H groups in total. The van der Waals surface area contributed by atoms with Crippen molar-refractivity contribution in [2.24, 2.45) is 18.5 Å². The van der Waals surface area contributed by atoms with Crippen LogP contribution in [-0.4, -0.2) is 79.6 Å². The summed E-state index contributed by atoms with van der Waals surface area (Å²) >= 11 is 1.55. The van der Waals surface area contributed by atoms with E-state index in [9.17, 15) is 9.59 Å². The zero-order chi connectivity index (χ0) is 50.8. The first-order valence-electron chi connectivity index (χ1n) is 23.1. The lowest BCUT2D eigenvalue weighted by atomic mass is 10.1. The van der Waals surface area contributed by atoms with Crippen LogP contribution < -0.4 is 42.2 Å². The molecule has 73 heavy (non-hydrogen) atoms. The Balaban J connectivity index is 0.878. The molecule has 0 aliphatic rings. The van der Waals surface area contributed by atoms with E-state index in [1.54, 1.807) is 40.2 Å². The summed E-state index contributed by atoms with van der Waals surface area (Å²) in [5.74, 6) is 0.985. The quantitative estimate of drug-likeness (QED) is 0.0440. The van der Waals surface area contributed by atoms with E-state index >= 15 is 0 Å². The minimum atomic E-state index is -0.715. The number of aryl methyl sites for hydroxylation is 1. The number of benzene rings is 4. The number of nitrogens with zero attached hydrogens (tertiary/aromatic N) is 11. The smallest absolute Gasteiger partial charge is 0.254 e. The van der Waals surface area contributed by atoms with Crippen molar-refractivity contribution < 1.29 is 19.1 Å². The van der Waals surface area contributed by atoms with E-state index in [1.165, 1.54) is 12.4 Å². The lowest BCUT2D eigenvalue weighted by Crippen LogP contribution is -2.16. The SMILES string of the molecule is COc1c(Nc2nc(Nc3cnn(C(C)CCOc4c(Nc5nc(Nc6cnn(C(C)C)c6)ncc5C(N)=O)cccc4-c4nc5ccccc5n4C)c3)ncc2C(N)=O)cccc1-c1nc2ccccc2s1. The lowest BCUT2D eigenvalue weighted by molar-refractivity contribution is 0.0992. The van der Waals surface area contributed by atoms with E-state index in [1.807, 2.05) is 130 Å². The van der Waals surface area contributed by atoms with E-state index in [4.69, 9.17) is 30.9 Å². The Bertz CT molecular complexity index is 3640. The third-order valence-corrected chi connectivity index (χ3v) is 12.9. The van der Waals surface area contributed by atoms with Crippen LogP contribution in [0.25, 0.3) is 43.2 Å². The second-order valence-corrected chi connectivity index (χ2v) is 18.2. The normalized spacial score (nSPS) is 11.8. The molecule has 4 aromatic carbocycles. The van der Waals surface area contributed by atoms with Crippen LogP contribution in [0.4, 0.5) is 46.3 Å². The van der Waals surface area contributed by atoms with Crippen LogP contribution in [-0.2, 0) is 7.05 Å². The second-order valence-electron chi connectivity index (χ2n) is 17.2. The highest BCUT2D eigenvalue weighted by atomic mass is 32.1. The number of hydrogen-bond acceptors (Lipinski definition) is 17. The average molecular weight is 996 g/mol. The molecular formula is C51H49N17O4S. The highest BCUT2D eigenvalue weighted by molar-refractivity contribution is 7.21. The number of imidazole rings is 1. The number of aromatic nitrogens is 11. The molecule has 1 atom stereocenters. The molecule has 0 bridgehead atoms. The summed E-state index contributed by atoms with van der Waals surface area (Å²) < 4.78 is 19.3. The first-order valence-corrected chi connectivity index (χ1v) is 23.9. The molecular weight excluding hydrogens is 947 g/mol. The second kappa shape index (κ2) is 20.1. The van der Waals surface area contributed by atoms with Crippen molar-refractivity contribution in [1.82, 2.24) is 54.0 Å². The highest BCUT2D eigenvalue weighted by Gasteiger charge is 2.23. The number of carbonyl (C=O) groups is 2. The van der Waals surface area contributed by atoms with Gasteiger partial charge in [-0.25, -0.2) is 19.9 Å². The van der Waals surface area contributed by atoms with E-state index in [0.29, 0.717) is 52.1 Å². The van der Waals surface area contributed by atoms with Crippen molar-refractivity contribution in [2.75, 3.05) is 35.0 Å². The van der Waals surface area contributed by atoms with Gasteiger partial charge in [0.25, 0.3) is 11.8 Å². The number of nitrogens with two attached hydrogens (primary N) is 2. The number of methoxy groups -OCH3 is 1. The van der Waals surface area contributed by atoms with Crippen molar-refractivity contribution in [3.8, 4) is 33.5 Å². The van der Waals surface area contributed by atoms with Gasteiger partial charge >= 0.3 is 0 Å². The Morgan fingerprint density at radius 1 is 0.658 bits per heavy atom. The summed E-state index contributed by atoms with van der Waals surface area (Å²) in [6, 6.07) is 27.0. The maximum Gasteiger partial charge on any atom is 0.254 e. The fourth-order valence-corrected chi connectivity index (χ4v) is 9.09. The summed E-state index contributed by atoms with van der Waals surface area (Å²) in [5, 5.41) is 22.8. The molecule has 368 valence electrons. The van der Waals surface area contributed by atoms with Crippen molar-refractivity contribution in [1.29, 1.82) is 0 Å². The van der Waals surface area contributed by atoms with Gasteiger partial charge in [-0.2, -0.15) is 20.2 Å². The average Bonchev–Trinajstić information content (AvgIpc) is 4.21. The first-order chi connectivity index (χ1) is 35.4. The molecule has 0 saturated carbocycles. The topological polar surface area (TPSA) is 271 Å². The molecule has 21 nitrogen and oxygen atoms in total. The van der Waals surface area contributed by atoms with Crippen LogP contribution in [0.1, 0.15) is 60.0 Å². The maximum absolute atomic E-state index is 12.8.